The largest absolute Gasteiger partial charge is 0.472 e. The van der Waals surface area contributed by atoms with Gasteiger partial charge < -0.3 is 49.6 Å². The molecule has 3 aliphatic rings. The number of aliphatic hydroxyl groups excluding tert-OH is 5. The maximum atomic E-state index is 12.6. The van der Waals surface area contributed by atoms with Crippen LogP contribution in [-0.2, 0) is 23.7 Å². The lowest BCUT2D eigenvalue weighted by Gasteiger charge is -2.45. The van der Waals surface area contributed by atoms with E-state index in [4.69, 9.17) is 18.9 Å². The predicted molar refractivity (Wildman–Crippen MR) is 118 cm³/mol. The summed E-state index contributed by atoms with van der Waals surface area (Å²) in [6.45, 7) is 0.852. The second-order valence-corrected chi connectivity index (χ2v) is 9.20. The van der Waals surface area contributed by atoms with Gasteiger partial charge in [-0.1, -0.05) is 30.3 Å². The number of ether oxygens (including phenoxy) is 4. The minimum atomic E-state index is -1.91. The highest BCUT2D eigenvalue weighted by atomic mass is 16.8. The van der Waals surface area contributed by atoms with Crippen molar-refractivity contribution in [3.8, 4) is 0 Å². The van der Waals surface area contributed by atoms with Gasteiger partial charge in [0, 0.05) is 12.5 Å². The van der Waals surface area contributed by atoms with E-state index < -0.39 is 72.8 Å². The van der Waals surface area contributed by atoms with E-state index in [9.17, 15) is 35.4 Å². The number of carbonyl (C=O) groups is 1. The fraction of sp³-hybridized carbons (Fsp3) is 0.542. The molecular formula is C24H30O11. The van der Waals surface area contributed by atoms with Gasteiger partial charge in [-0.2, -0.15) is 0 Å². The SMILES string of the molecule is C[C@]1(OC(=O)/C=C\c2ccccc2)C[C@@H](O)[C@@]2(O)C=CO[C@@H](O[C@@H]3O[C@H](CO)[C@@H](O)[C@H](O)[C@H]3O)[C@@H]21. The van der Waals surface area contributed by atoms with Crippen molar-refractivity contribution < 1.29 is 54.4 Å². The topological polar surface area (TPSA) is 175 Å². The van der Waals surface area contributed by atoms with Crippen molar-refractivity contribution in [2.24, 2.45) is 5.92 Å². The van der Waals surface area contributed by atoms with E-state index >= 15 is 0 Å². The number of hydrogen-bond donors (Lipinski definition) is 6. The van der Waals surface area contributed by atoms with Crippen LogP contribution >= 0.6 is 0 Å². The monoisotopic (exact) mass is 494 g/mol. The normalized spacial score (nSPS) is 43.1. The first-order valence-electron chi connectivity index (χ1n) is 11.2. The van der Waals surface area contributed by atoms with Gasteiger partial charge in [-0.05, 0) is 24.6 Å². The Morgan fingerprint density at radius 2 is 1.83 bits per heavy atom. The number of rotatable bonds is 6. The zero-order chi connectivity index (χ0) is 25.4. The molecule has 0 bridgehead atoms. The van der Waals surface area contributed by atoms with Crippen molar-refractivity contribution in [1.29, 1.82) is 0 Å². The van der Waals surface area contributed by atoms with Gasteiger partial charge in [0.05, 0.1) is 24.9 Å². The highest BCUT2D eigenvalue weighted by Gasteiger charge is 2.66. The molecule has 1 saturated carbocycles. The van der Waals surface area contributed by atoms with Crippen LogP contribution in [0.25, 0.3) is 6.08 Å². The van der Waals surface area contributed by atoms with Gasteiger partial charge in [0.2, 0.25) is 6.29 Å². The average molecular weight is 494 g/mol. The second kappa shape index (κ2) is 9.96. The van der Waals surface area contributed by atoms with Gasteiger partial charge in [-0.3, -0.25) is 0 Å². The lowest BCUT2D eigenvalue weighted by atomic mass is 9.81. The lowest BCUT2D eigenvalue weighted by Crippen LogP contribution is -2.62. The van der Waals surface area contributed by atoms with Crippen molar-refractivity contribution in [3.63, 3.8) is 0 Å². The number of benzene rings is 1. The van der Waals surface area contributed by atoms with Gasteiger partial charge in [0.25, 0.3) is 0 Å². The van der Waals surface area contributed by atoms with Gasteiger partial charge in [0.1, 0.15) is 35.6 Å². The molecule has 2 aliphatic heterocycles. The Bertz CT molecular complexity index is 950. The van der Waals surface area contributed by atoms with E-state index in [0.717, 1.165) is 11.8 Å². The molecule has 0 radical (unpaired) electrons. The number of carbonyl (C=O) groups excluding carboxylic acids is 1. The van der Waals surface area contributed by atoms with Crippen molar-refractivity contribution in [2.45, 2.75) is 67.6 Å². The van der Waals surface area contributed by atoms with Gasteiger partial charge in [0.15, 0.2) is 6.29 Å². The fourth-order valence-corrected chi connectivity index (χ4v) is 4.92. The van der Waals surface area contributed by atoms with Crippen molar-refractivity contribution in [3.05, 3.63) is 54.3 Å². The van der Waals surface area contributed by atoms with Crippen LogP contribution in [0.1, 0.15) is 18.9 Å². The molecule has 10 atom stereocenters. The molecule has 1 saturated heterocycles. The molecule has 1 aromatic rings. The first-order chi connectivity index (χ1) is 16.6. The molecule has 6 N–H and O–H groups in total. The molecule has 2 fully saturated rings. The Labute approximate surface area is 201 Å². The molecule has 192 valence electrons. The Morgan fingerprint density at radius 1 is 1.11 bits per heavy atom. The third-order valence-electron chi connectivity index (χ3n) is 6.77. The maximum Gasteiger partial charge on any atom is 0.331 e. The number of fused-ring (bicyclic) bond motifs is 1. The van der Waals surface area contributed by atoms with Crippen LogP contribution < -0.4 is 0 Å². The molecule has 1 aromatic carbocycles. The minimum Gasteiger partial charge on any atom is -0.472 e. The summed E-state index contributed by atoms with van der Waals surface area (Å²) in [5.74, 6) is -1.90. The summed E-state index contributed by atoms with van der Waals surface area (Å²) in [6.07, 6.45) is -5.57. The Hall–Kier alpha value is -2.35. The fourth-order valence-electron chi connectivity index (χ4n) is 4.92. The second-order valence-electron chi connectivity index (χ2n) is 9.20. The summed E-state index contributed by atoms with van der Waals surface area (Å²) in [5.41, 5.74) is -2.62. The third-order valence-corrected chi connectivity index (χ3v) is 6.77. The molecule has 0 spiro atoms. The summed E-state index contributed by atoms with van der Waals surface area (Å²) >= 11 is 0. The van der Waals surface area contributed by atoms with E-state index in [-0.39, 0.29) is 6.42 Å². The Kier molecular flexibility index (Phi) is 7.32. The van der Waals surface area contributed by atoms with Crippen LogP contribution in [0.15, 0.2) is 48.7 Å². The molecule has 1 aliphatic carbocycles. The number of aliphatic hydroxyl groups is 6. The quantitative estimate of drug-likeness (QED) is 0.207. The first kappa shape index (κ1) is 25.7. The molecule has 4 rings (SSSR count). The third kappa shape index (κ3) is 4.86. The highest BCUT2D eigenvalue weighted by molar-refractivity contribution is 5.87. The Balaban J connectivity index is 1.55. The van der Waals surface area contributed by atoms with Crippen molar-refractivity contribution >= 4 is 12.0 Å². The maximum absolute atomic E-state index is 12.6. The molecule has 35 heavy (non-hydrogen) atoms. The minimum absolute atomic E-state index is 0.151. The Morgan fingerprint density at radius 3 is 2.51 bits per heavy atom. The van der Waals surface area contributed by atoms with Gasteiger partial charge >= 0.3 is 5.97 Å². The number of esters is 1. The molecule has 0 amide bonds. The molecule has 11 heteroatoms. The van der Waals surface area contributed by atoms with Crippen molar-refractivity contribution in [1.82, 2.24) is 0 Å². The lowest BCUT2D eigenvalue weighted by molar-refractivity contribution is -0.351. The molecule has 0 aromatic heterocycles. The van der Waals surface area contributed by atoms with Crippen LogP contribution in [0, 0.1) is 5.92 Å². The summed E-state index contributed by atoms with van der Waals surface area (Å²) < 4.78 is 22.3. The predicted octanol–water partition coefficient (Wildman–Crippen LogP) is -1.20. The van der Waals surface area contributed by atoms with E-state index in [1.807, 2.05) is 18.2 Å². The summed E-state index contributed by atoms with van der Waals surface area (Å²) in [6, 6.07) is 9.06. The average Bonchev–Trinajstić information content (AvgIpc) is 3.03. The van der Waals surface area contributed by atoms with Gasteiger partial charge in [-0.15, -0.1) is 0 Å². The zero-order valence-corrected chi connectivity index (χ0v) is 19.0. The first-order valence-corrected chi connectivity index (χ1v) is 11.2. The molecule has 11 nitrogen and oxygen atoms in total. The van der Waals surface area contributed by atoms with E-state index in [1.54, 1.807) is 18.2 Å². The smallest absolute Gasteiger partial charge is 0.331 e. The van der Waals surface area contributed by atoms with E-state index in [0.29, 0.717) is 0 Å². The molecule has 0 unspecified atom stereocenters. The summed E-state index contributed by atoms with van der Waals surface area (Å²) in [7, 11) is 0. The van der Waals surface area contributed by atoms with Crippen LogP contribution in [-0.4, -0.2) is 97.5 Å². The van der Waals surface area contributed by atoms with E-state index in [1.165, 1.54) is 19.1 Å². The summed E-state index contributed by atoms with van der Waals surface area (Å²) in [4.78, 5) is 12.6. The molecule has 2 heterocycles. The van der Waals surface area contributed by atoms with Gasteiger partial charge in [-0.25, -0.2) is 4.79 Å². The summed E-state index contributed by atoms with van der Waals surface area (Å²) in [5, 5.41) is 61.7. The van der Waals surface area contributed by atoms with Crippen LogP contribution in [0.2, 0.25) is 0 Å². The van der Waals surface area contributed by atoms with Crippen molar-refractivity contribution in [2.75, 3.05) is 6.61 Å². The van der Waals surface area contributed by atoms with Crippen LogP contribution in [0.5, 0.6) is 0 Å². The van der Waals surface area contributed by atoms with E-state index in [2.05, 4.69) is 0 Å². The number of hydrogen-bond acceptors (Lipinski definition) is 11. The zero-order valence-electron chi connectivity index (χ0n) is 19.0. The molecular weight excluding hydrogens is 464 g/mol. The highest BCUT2D eigenvalue weighted by Crippen LogP contribution is 2.51. The standard InChI is InChI=1S/C24H30O11/c1-23(35-16(27)8-7-13-5-3-2-4-6-13)11-15(26)24(31)9-10-32-22(20(23)24)34-21-19(30)18(29)17(28)14(12-25)33-21/h2-10,14-15,17-22,25-26,28-31H,11-12H2,1H3/b8-7-/t14-,15-,17-,18+,19-,20-,21+,22+,23+,24+/m1/s1. The van der Waals surface area contributed by atoms with Crippen LogP contribution in [0.4, 0.5) is 0 Å². The van der Waals surface area contributed by atoms with Crippen LogP contribution in [0.3, 0.4) is 0 Å².